The number of carbonyl (C=O) groups is 1. The number of rotatable bonds is 7. The molecule has 1 aromatic rings. The molecule has 1 rings (SSSR count). The lowest BCUT2D eigenvalue weighted by molar-refractivity contribution is 0.195. The van der Waals surface area contributed by atoms with Crippen LogP contribution < -0.4 is 16.4 Å². The summed E-state index contributed by atoms with van der Waals surface area (Å²) in [6, 6.07) is 0. The van der Waals surface area contributed by atoms with E-state index in [1.165, 1.54) is 0 Å². The van der Waals surface area contributed by atoms with Crippen LogP contribution in [0.2, 0.25) is 0 Å². The van der Waals surface area contributed by atoms with Crippen LogP contribution in [-0.2, 0) is 0 Å². The van der Waals surface area contributed by atoms with Gasteiger partial charge in [-0.3, -0.25) is 0 Å². The van der Waals surface area contributed by atoms with Crippen LogP contribution in [0, 0.1) is 18.8 Å². The summed E-state index contributed by atoms with van der Waals surface area (Å²) in [5.74, 6) is 6.78. The molecule has 0 fully saturated rings. The van der Waals surface area contributed by atoms with Gasteiger partial charge in [-0.2, -0.15) is 4.98 Å². The fraction of sp³-hybridized carbons (Fsp3) is 0.533. The molecule has 5 N–H and O–H groups in total. The average Bonchev–Trinajstić information content (AvgIpc) is 2.45. The van der Waals surface area contributed by atoms with Gasteiger partial charge in [0.05, 0.1) is 11.3 Å². The van der Waals surface area contributed by atoms with Crippen molar-refractivity contribution in [2.24, 2.45) is 0 Å². The SMILES string of the molecule is CCCCCNc1nc(N)nc(C)c1C#CCCNC(=O)O. The van der Waals surface area contributed by atoms with E-state index in [-0.39, 0.29) is 12.5 Å². The highest BCUT2D eigenvalue weighted by Gasteiger charge is 2.08. The van der Waals surface area contributed by atoms with Crippen molar-refractivity contribution < 1.29 is 9.90 Å². The van der Waals surface area contributed by atoms with Crippen molar-refractivity contribution in [1.29, 1.82) is 0 Å². The molecule has 22 heavy (non-hydrogen) atoms. The number of carboxylic acid groups (broad SMARTS) is 1. The van der Waals surface area contributed by atoms with Crippen LogP contribution in [0.15, 0.2) is 0 Å². The van der Waals surface area contributed by atoms with Gasteiger partial charge in [-0.15, -0.1) is 0 Å². The number of nitrogen functional groups attached to an aromatic ring is 1. The zero-order valence-electron chi connectivity index (χ0n) is 13.1. The third kappa shape index (κ3) is 6.31. The first kappa shape index (κ1) is 17.6. The van der Waals surface area contributed by atoms with Gasteiger partial charge in [-0.05, 0) is 13.3 Å². The Morgan fingerprint density at radius 2 is 2.09 bits per heavy atom. The lowest BCUT2D eigenvalue weighted by Gasteiger charge is -2.10. The Balaban J connectivity index is 2.74. The molecule has 0 aliphatic carbocycles. The Bertz CT molecular complexity index is 563. The van der Waals surface area contributed by atoms with E-state index in [0.29, 0.717) is 23.5 Å². The topological polar surface area (TPSA) is 113 Å². The van der Waals surface area contributed by atoms with Crippen molar-refractivity contribution in [2.75, 3.05) is 24.1 Å². The van der Waals surface area contributed by atoms with E-state index in [9.17, 15) is 4.79 Å². The third-order valence-corrected chi connectivity index (χ3v) is 2.92. The van der Waals surface area contributed by atoms with Gasteiger partial charge in [0.25, 0.3) is 0 Å². The summed E-state index contributed by atoms with van der Waals surface area (Å²) >= 11 is 0. The summed E-state index contributed by atoms with van der Waals surface area (Å²) in [5, 5.41) is 14.0. The first-order chi connectivity index (χ1) is 10.5. The van der Waals surface area contributed by atoms with Gasteiger partial charge in [0.15, 0.2) is 0 Å². The standard InChI is InChI=1S/C15H23N5O2/c1-3-4-6-9-17-13-12(11(2)19-14(16)20-13)8-5-7-10-18-15(21)22/h18H,3-4,6-7,9-10H2,1-2H3,(H,21,22)(H3,16,17,19,20). The normalized spacial score (nSPS) is 9.73. The number of nitrogens with two attached hydrogens (primary N) is 1. The van der Waals surface area contributed by atoms with Crippen molar-refractivity contribution in [3.05, 3.63) is 11.3 Å². The number of aryl methyl sites for hydroxylation is 1. The molecule has 0 saturated heterocycles. The summed E-state index contributed by atoms with van der Waals surface area (Å²) < 4.78 is 0. The quantitative estimate of drug-likeness (QED) is 0.452. The maximum absolute atomic E-state index is 10.3. The van der Waals surface area contributed by atoms with Gasteiger partial charge in [0.1, 0.15) is 5.82 Å². The molecule has 0 saturated carbocycles. The number of unbranched alkanes of at least 4 members (excludes halogenated alkanes) is 2. The second kappa shape index (κ2) is 9.45. The van der Waals surface area contributed by atoms with Crippen LogP contribution in [0.5, 0.6) is 0 Å². The van der Waals surface area contributed by atoms with Crippen molar-refractivity contribution in [3.63, 3.8) is 0 Å². The van der Waals surface area contributed by atoms with Crippen molar-refractivity contribution >= 4 is 17.9 Å². The summed E-state index contributed by atoms with van der Waals surface area (Å²) in [5.41, 5.74) is 7.10. The fourth-order valence-electron chi connectivity index (χ4n) is 1.84. The van der Waals surface area contributed by atoms with Crippen LogP contribution in [-0.4, -0.2) is 34.3 Å². The molecule has 1 aromatic heterocycles. The van der Waals surface area contributed by atoms with Crippen LogP contribution in [0.3, 0.4) is 0 Å². The number of hydrogen-bond donors (Lipinski definition) is 4. The second-order valence-electron chi connectivity index (χ2n) is 4.81. The van der Waals surface area contributed by atoms with E-state index in [0.717, 1.165) is 25.8 Å². The Morgan fingerprint density at radius 3 is 2.77 bits per heavy atom. The molecular formula is C15H23N5O2. The number of nitrogens with one attached hydrogen (secondary N) is 2. The van der Waals surface area contributed by atoms with Crippen molar-refractivity contribution in [2.45, 2.75) is 39.5 Å². The molecule has 0 aliphatic heterocycles. The maximum Gasteiger partial charge on any atom is 0.404 e. The zero-order chi connectivity index (χ0) is 16.4. The number of aromatic nitrogens is 2. The third-order valence-electron chi connectivity index (χ3n) is 2.92. The predicted molar refractivity (Wildman–Crippen MR) is 86.7 cm³/mol. The van der Waals surface area contributed by atoms with Gasteiger partial charge in [-0.1, -0.05) is 31.6 Å². The second-order valence-corrected chi connectivity index (χ2v) is 4.81. The molecule has 0 radical (unpaired) electrons. The summed E-state index contributed by atoms with van der Waals surface area (Å²) in [7, 11) is 0. The molecule has 7 nitrogen and oxygen atoms in total. The molecule has 0 atom stereocenters. The van der Waals surface area contributed by atoms with Crippen molar-refractivity contribution in [3.8, 4) is 11.8 Å². The minimum atomic E-state index is -1.05. The predicted octanol–water partition coefficient (Wildman–Crippen LogP) is 1.98. The van der Waals surface area contributed by atoms with Gasteiger partial charge in [0.2, 0.25) is 5.95 Å². The average molecular weight is 305 g/mol. The Labute approximate surface area is 130 Å². The minimum absolute atomic E-state index is 0.216. The van der Waals surface area contributed by atoms with E-state index in [1.807, 2.05) is 6.92 Å². The zero-order valence-corrected chi connectivity index (χ0v) is 13.1. The van der Waals surface area contributed by atoms with E-state index in [1.54, 1.807) is 0 Å². The van der Waals surface area contributed by atoms with E-state index < -0.39 is 6.09 Å². The van der Waals surface area contributed by atoms with E-state index >= 15 is 0 Å². The lowest BCUT2D eigenvalue weighted by Crippen LogP contribution is -2.21. The molecular weight excluding hydrogens is 282 g/mol. The largest absolute Gasteiger partial charge is 0.465 e. The van der Waals surface area contributed by atoms with Crippen LogP contribution >= 0.6 is 0 Å². The van der Waals surface area contributed by atoms with Gasteiger partial charge in [0, 0.05) is 19.5 Å². The molecule has 0 unspecified atom stereocenters. The summed E-state index contributed by atoms with van der Waals surface area (Å²) in [6.07, 6.45) is 2.72. The minimum Gasteiger partial charge on any atom is -0.465 e. The molecule has 0 aliphatic rings. The summed E-state index contributed by atoms with van der Waals surface area (Å²) in [4.78, 5) is 18.7. The molecule has 1 amide bonds. The van der Waals surface area contributed by atoms with Gasteiger partial charge >= 0.3 is 6.09 Å². The van der Waals surface area contributed by atoms with Crippen LogP contribution in [0.4, 0.5) is 16.6 Å². The molecule has 0 aromatic carbocycles. The van der Waals surface area contributed by atoms with Crippen molar-refractivity contribution in [1.82, 2.24) is 15.3 Å². The number of nitrogens with zero attached hydrogens (tertiary/aromatic N) is 2. The molecule has 120 valence electrons. The Morgan fingerprint density at radius 1 is 1.32 bits per heavy atom. The highest BCUT2D eigenvalue weighted by atomic mass is 16.4. The van der Waals surface area contributed by atoms with E-state index in [4.69, 9.17) is 10.8 Å². The lowest BCUT2D eigenvalue weighted by atomic mass is 10.2. The molecule has 1 heterocycles. The van der Waals surface area contributed by atoms with Gasteiger partial charge in [-0.25, -0.2) is 9.78 Å². The number of amides is 1. The molecule has 7 heteroatoms. The number of anilines is 2. The Kier molecular flexibility index (Phi) is 7.54. The molecule has 0 spiro atoms. The Hall–Kier alpha value is -2.49. The van der Waals surface area contributed by atoms with Gasteiger partial charge < -0.3 is 21.5 Å². The smallest absolute Gasteiger partial charge is 0.404 e. The fourth-order valence-corrected chi connectivity index (χ4v) is 1.84. The maximum atomic E-state index is 10.3. The monoisotopic (exact) mass is 305 g/mol. The van der Waals surface area contributed by atoms with E-state index in [2.05, 4.69) is 39.4 Å². The highest BCUT2D eigenvalue weighted by molar-refractivity contribution is 5.64. The summed E-state index contributed by atoms with van der Waals surface area (Å²) in [6.45, 7) is 5.07. The number of hydrogen-bond acceptors (Lipinski definition) is 5. The molecule has 0 bridgehead atoms. The van der Waals surface area contributed by atoms with Crippen LogP contribution in [0.25, 0.3) is 0 Å². The first-order valence-corrected chi connectivity index (χ1v) is 7.38. The highest BCUT2D eigenvalue weighted by Crippen LogP contribution is 2.16. The van der Waals surface area contributed by atoms with Crippen LogP contribution in [0.1, 0.15) is 43.9 Å². The first-order valence-electron chi connectivity index (χ1n) is 7.38.